The largest absolute Gasteiger partial charge is 0.448 e. The number of halogens is 1. The summed E-state index contributed by atoms with van der Waals surface area (Å²) in [5.41, 5.74) is 0.252. The van der Waals surface area contributed by atoms with Gasteiger partial charge in [0.05, 0.1) is 5.41 Å². The van der Waals surface area contributed by atoms with Crippen LogP contribution in [0.5, 0.6) is 0 Å². The van der Waals surface area contributed by atoms with E-state index >= 15 is 0 Å². The molecule has 0 aliphatic carbocycles. The summed E-state index contributed by atoms with van der Waals surface area (Å²) in [6.07, 6.45) is 3.49. The van der Waals surface area contributed by atoms with E-state index in [0.717, 1.165) is 12.8 Å². The SMILES string of the molecule is Cc1ocnc1C(=O)N1CC[C@@]2(CCCN(Cc3ccccc3F)C2=O)C1. The smallest absolute Gasteiger partial charge is 0.276 e. The number of hydrogen-bond acceptors (Lipinski definition) is 4. The van der Waals surface area contributed by atoms with Crippen LogP contribution in [0.3, 0.4) is 0 Å². The molecule has 2 aliphatic heterocycles. The highest BCUT2D eigenvalue weighted by atomic mass is 19.1. The van der Waals surface area contributed by atoms with Gasteiger partial charge >= 0.3 is 0 Å². The molecule has 1 aromatic carbocycles. The van der Waals surface area contributed by atoms with Crippen molar-refractivity contribution in [1.29, 1.82) is 0 Å². The number of likely N-dealkylation sites (tertiary alicyclic amines) is 2. The minimum absolute atomic E-state index is 0.0178. The summed E-state index contributed by atoms with van der Waals surface area (Å²) >= 11 is 0. The first-order chi connectivity index (χ1) is 13.0. The van der Waals surface area contributed by atoms with Crippen molar-refractivity contribution in [1.82, 2.24) is 14.8 Å². The van der Waals surface area contributed by atoms with Gasteiger partial charge in [-0.3, -0.25) is 9.59 Å². The molecule has 0 saturated carbocycles. The maximum absolute atomic E-state index is 14.0. The molecular weight excluding hydrogens is 349 g/mol. The molecule has 0 radical (unpaired) electrons. The Morgan fingerprint density at radius 1 is 1.30 bits per heavy atom. The summed E-state index contributed by atoms with van der Waals surface area (Å²) in [5, 5.41) is 0. The topological polar surface area (TPSA) is 66.7 Å². The van der Waals surface area contributed by atoms with Gasteiger partial charge in [0.15, 0.2) is 12.1 Å². The second-order valence-electron chi connectivity index (χ2n) is 7.44. The van der Waals surface area contributed by atoms with Crippen LogP contribution in [0.4, 0.5) is 4.39 Å². The molecule has 27 heavy (non-hydrogen) atoms. The highest BCUT2D eigenvalue weighted by molar-refractivity contribution is 5.94. The molecule has 2 saturated heterocycles. The lowest BCUT2D eigenvalue weighted by molar-refractivity contribution is -0.146. The number of piperidine rings is 1. The van der Waals surface area contributed by atoms with E-state index in [2.05, 4.69) is 4.98 Å². The maximum Gasteiger partial charge on any atom is 0.276 e. The molecule has 7 heteroatoms. The van der Waals surface area contributed by atoms with Gasteiger partial charge in [-0.15, -0.1) is 0 Å². The van der Waals surface area contributed by atoms with Crippen molar-refractivity contribution in [2.24, 2.45) is 5.41 Å². The predicted octanol–water partition coefficient (Wildman–Crippen LogP) is 2.78. The Kier molecular flexibility index (Phi) is 4.45. The van der Waals surface area contributed by atoms with E-state index in [0.29, 0.717) is 43.1 Å². The van der Waals surface area contributed by atoms with Gasteiger partial charge in [0, 0.05) is 31.7 Å². The third-order valence-corrected chi connectivity index (χ3v) is 5.73. The molecule has 1 atom stereocenters. The quantitative estimate of drug-likeness (QED) is 0.832. The highest BCUT2D eigenvalue weighted by Gasteiger charge is 2.49. The molecule has 2 aliphatic rings. The number of carbonyl (C=O) groups excluding carboxylic acids is 2. The fourth-order valence-corrected chi connectivity index (χ4v) is 4.22. The first-order valence-corrected chi connectivity index (χ1v) is 9.22. The van der Waals surface area contributed by atoms with E-state index in [9.17, 15) is 14.0 Å². The van der Waals surface area contributed by atoms with Crippen molar-refractivity contribution in [3.05, 3.63) is 53.5 Å². The molecule has 2 aromatic rings. The normalized spacial score (nSPS) is 22.7. The van der Waals surface area contributed by atoms with Crippen molar-refractivity contribution in [3.63, 3.8) is 0 Å². The predicted molar refractivity (Wildman–Crippen MR) is 95.2 cm³/mol. The van der Waals surface area contributed by atoms with E-state index in [-0.39, 0.29) is 24.2 Å². The molecule has 2 amide bonds. The third kappa shape index (κ3) is 3.11. The van der Waals surface area contributed by atoms with E-state index in [1.54, 1.807) is 34.9 Å². The lowest BCUT2D eigenvalue weighted by atomic mass is 9.78. The number of carbonyl (C=O) groups is 2. The summed E-state index contributed by atoms with van der Waals surface area (Å²) in [4.78, 5) is 33.3. The van der Waals surface area contributed by atoms with Crippen LogP contribution in [-0.4, -0.2) is 46.2 Å². The molecule has 3 heterocycles. The lowest BCUT2D eigenvalue weighted by Crippen LogP contribution is -2.50. The molecule has 2 fully saturated rings. The van der Waals surface area contributed by atoms with Crippen LogP contribution in [0.2, 0.25) is 0 Å². The fraction of sp³-hybridized carbons (Fsp3) is 0.450. The number of aromatic nitrogens is 1. The first kappa shape index (κ1) is 17.7. The Labute approximate surface area is 157 Å². The van der Waals surface area contributed by atoms with E-state index in [1.165, 1.54) is 12.5 Å². The second-order valence-corrected chi connectivity index (χ2v) is 7.44. The molecule has 142 valence electrons. The first-order valence-electron chi connectivity index (χ1n) is 9.22. The summed E-state index contributed by atoms with van der Waals surface area (Å²) in [7, 11) is 0. The fourth-order valence-electron chi connectivity index (χ4n) is 4.22. The minimum atomic E-state index is -0.573. The van der Waals surface area contributed by atoms with Crippen LogP contribution in [0, 0.1) is 18.2 Å². The monoisotopic (exact) mass is 371 g/mol. The zero-order chi connectivity index (χ0) is 19.0. The summed E-state index contributed by atoms with van der Waals surface area (Å²) in [6, 6.07) is 6.54. The zero-order valence-corrected chi connectivity index (χ0v) is 15.3. The number of hydrogen-bond donors (Lipinski definition) is 0. The summed E-state index contributed by atoms with van der Waals surface area (Å²) in [6.45, 7) is 3.48. The molecule has 1 spiro atoms. The Morgan fingerprint density at radius 2 is 2.11 bits per heavy atom. The Bertz CT molecular complexity index is 881. The Morgan fingerprint density at radius 3 is 2.85 bits per heavy atom. The molecular formula is C20H22FN3O3. The second kappa shape index (κ2) is 6.79. The van der Waals surface area contributed by atoms with Gasteiger partial charge in [-0.25, -0.2) is 9.37 Å². The van der Waals surface area contributed by atoms with E-state index < -0.39 is 5.41 Å². The number of benzene rings is 1. The number of aryl methyl sites for hydroxylation is 1. The van der Waals surface area contributed by atoms with Gasteiger partial charge in [0.25, 0.3) is 5.91 Å². The minimum Gasteiger partial charge on any atom is -0.448 e. The van der Waals surface area contributed by atoms with E-state index in [4.69, 9.17) is 4.42 Å². The van der Waals surface area contributed by atoms with Gasteiger partial charge in [0.2, 0.25) is 5.91 Å². The molecule has 0 bridgehead atoms. The average molecular weight is 371 g/mol. The number of nitrogens with zero attached hydrogens (tertiary/aromatic N) is 3. The maximum atomic E-state index is 14.0. The van der Waals surface area contributed by atoms with E-state index in [1.807, 2.05) is 0 Å². The Hall–Kier alpha value is -2.70. The van der Waals surface area contributed by atoms with Crippen LogP contribution in [-0.2, 0) is 11.3 Å². The zero-order valence-electron chi connectivity index (χ0n) is 15.3. The van der Waals surface area contributed by atoms with Gasteiger partial charge in [0.1, 0.15) is 11.6 Å². The van der Waals surface area contributed by atoms with Gasteiger partial charge in [-0.05, 0) is 32.3 Å². The van der Waals surface area contributed by atoms with Gasteiger partial charge in [-0.1, -0.05) is 18.2 Å². The average Bonchev–Trinajstić information content (AvgIpc) is 3.28. The summed E-state index contributed by atoms with van der Waals surface area (Å²) in [5.74, 6) is 0.00749. The lowest BCUT2D eigenvalue weighted by Gasteiger charge is -2.39. The standard InChI is InChI=1S/C20H22FN3O3/c1-14-17(22-13-27-14)18(25)24-10-8-20(12-24)7-4-9-23(19(20)26)11-15-5-2-3-6-16(15)21/h2-3,5-6,13H,4,7-12H2,1H3/t20-/m0/s1. The number of oxazole rings is 1. The molecule has 0 N–H and O–H groups in total. The van der Waals surface area contributed by atoms with Crippen LogP contribution in [0.25, 0.3) is 0 Å². The van der Waals surface area contributed by atoms with Crippen molar-refractivity contribution >= 4 is 11.8 Å². The molecule has 6 nitrogen and oxygen atoms in total. The van der Waals surface area contributed by atoms with Crippen molar-refractivity contribution in [2.75, 3.05) is 19.6 Å². The number of amides is 2. The van der Waals surface area contributed by atoms with Gasteiger partial charge in [-0.2, -0.15) is 0 Å². The number of rotatable bonds is 3. The van der Waals surface area contributed by atoms with Crippen LogP contribution in [0.15, 0.2) is 35.1 Å². The molecule has 0 unspecified atom stereocenters. The molecule has 1 aromatic heterocycles. The Balaban J connectivity index is 1.50. The van der Waals surface area contributed by atoms with Crippen molar-refractivity contribution < 1.29 is 18.4 Å². The van der Waals surface area contributed by atoms with Crippen molar-refractivity contribution in [2.45, 2.75) is 32.7 Å². The van der Waals surface area contributed by atoms with Gasteiger partial charge < -0.3 is 14.2 Å². The highest BCUT2D eigenvalue weighted by Crippen LogP contribution is 2.41. The summed E-state index contributed by atoms with van der Waals surface area (Å²) < 4.78 is 19.1. The van der Waals surface area contributed by atoms with Crippen LogP contribution < -0.4 is 0 Å². The molecule has 4 rings (SSSR count). The van der Waals surface area contributed by atoms with Crippen LogP contribution in [0.1, 0.15) is 41.1 Å². The van der Waals surface area contributed by atoms with Crippen LogP contribution >= 0.6 is 0 Å². The van der Waals surface area contributed by atoms with Crippen molar-refractivity contribution in [3.8, 4) is 0 Å². The third-order valence-electron chi connectivity index (χ3n) is 5.73.